The molecule has 0 unspecified atom stereocenters. The van der Waals surface area contributed by atoms with Gasteiger partial charge in [-0.05, 0) is 48.7 Å². The van der Waals surface area contributed by atoms with Crippen LogP contribution in [-0.2, 0) is 22.9 Å². The maximum atomic E-state index is 11.8. The van der Waals surface area contributed by atoms with E-state index in [1.165, 1.54) is 6.26 Å². The first-order chi connectivity index (χ1) is 13.7. The summed E-state index contributed by atoms with van der Waals surface area (Å²) in [6.07, 6.45) is 1.21. The molecule has 164 valence electrons. The summed E-state index contributed by atoms with van der Waals surface area (Å²) in [4.78, 5) is 16.3. The summed E-state index contributed by atoms with van der Waals surface area (Å²) in [5.74, 6) is 0.546. The molecule has 0 saturated carbocycles. The zero-order valence-electron chi connectivity index (χ0n) is 17.7. The van der Waals surface area contributed by atoms with Crippen molar-refractivity contribution < 1.29 is 13.2 Å². The van der Waals surface area contributed by atoms with E-state index in [4.69, 9.17) is 0 Å². The Bertz CT molecular complexity index is 990. The van der Waals surface area contributed by atoms with Gasteiger partial charge in [-0.25, -0.2) is 8.42 Å². The number of amides is 1. The van der Waals surface area contributed by atoms with Crippen LogP contribution < -0.4 is 16.0 Å². The number of nitrogens with zero attached hydrogens (tertiary/aromatic N) is 1. The number of hydrogen-bond donors (Lipinski definition) is 3. The fourth-order valence-electron chi connectivity index (χ4n) is 2.87. The van der Waals surface area contributed by atoms with E-state index in [1.54, 1.807) is 38.2 Å². The van der Waals surface area contributed by atoms with Gasteiger partial charge in [-0.2, -0.15) is 0 Å². The molecule has 0 aliphatic heterocycles. The Morgan fingerprint density at radius 2 is 1.53 bits per heavy atom. The quantitative estimate of drug-likeness (QED) is 0.283. The second kappa shape index (κ2) is 11.9. The first-order valence-corrected chi connectivity index (χ1v) is 11.2. The van der Waals surface area contributed by atoms with Gasteiger partial charge < -0.3 is 16.0 Å². The molecule has 0 aliphatic rings. The highest BCUT2D eigenvalue weighted by Crippen LogP contribution is 2.16. The lowest BCUT2D eigenvalue weighted by molar-refractivity contribution is 0.0956. The fraction of sp³-hybridized carbons (Fsp3) is 0.333. The van der Waals surface area contributed by atoms with Crippen molar-refractivity contribution in [2.24, 2.45) is 4.99 Å². The first kappa shape index (κ1) is 25.9. The van der Waals surface area contributed by atoms with Crippen molar-refractivity contribution in [2.45, 2.75) is 31.8 Å². The number of carbonyl (C=O) groups excluding carboxylic acids is 1. The zero-order chi connectivity index (χ0) is 21.4. The SMILES string of the molecule is CCNC(=O)c1ccc(CNC(=NC)NCc2ccc(S(C)(=O)=O)c(C)c2)cc1.I. The Labute approximate surface area is 195 Å². The van der Waals surface area contributed by atoms with Crippen LogP contribution in [0.25, 0.3) is 0 Å². The van der Waals surface area contributed by atoms with E-state index in [9.17, 15) is 13.2 Å². The van der Waals surface area contributed by atoms with Crippen LogP contribution >= 0.6 is 24.0 Å². The molecule has 3 N–H and O–H groups in total. The van der Waals surface area contributed by atoms with Crippen molar-refractivity contribution in [3.63, 3.8) is 0 Å². The molecule has 2 aromatic rings. The summed E-state index contributed by atoms with van der Waals surface area (Å²) >= 11 is 0. The average molecular weight is 544 g/mol. The van der Waals surface area contributed by atoms with Crippen LogP contribution in [0.2, 0.25) is 0 Å². The van der Waals surface area contributed by atoms with Gasteiger partial charge in [-0.3, -0.25) is 9.79 Å². The molecule has 2 aromatic carbocycles. The van der Waals surface area contributed by atoms with Gasteiger partial charge >= 0.3 is 0 Å². The van der Waals surface area contributed by atoms with Gasteiger partial charge in [0, 0.05) is 38.5 Å². The molecule has 0 fully saturated rings. The standard InChI is InChI=1S/C21H28N4O3S.HI/c1-5-23-20(26)18-9-6-16(7-10-18)13-24-21(22-3)25-14-17-8-11-19(15(2)12-17)29(4,27)28;/h6-12H,5,13-14H2,1-4H3,(H,23,26)(H2,22,24,25);1H. The van der Waals surface area contributed by atoms with Crippen LogP contribution in [-0.4, -0.2) is 40.1 Å². The number of guanidine groups is 1. The van der Waals surface area contributed by atoms with Gasteiger partial charge in [-0.15, -0.1) is 24.0 Å². The Balaban J connectivity index is 0.00000450. The smallest absolute Gasteiger partial charge is 0.251 e. The Kier molecular flexibility index (Phi) is 10.3. The molecule has 0 aliphatic carbocycles. The molecular weight excluding hydrogens is 515 g/mol. The number of aryl methyl sites for hydroxylation is 1. The molecule has 0 radical (unpaired) electrons. The Morgan fingerprint density at radius 3 is 2.03 bits per heavy atom. The van der Waals surface area contributed by atoms with Crippen LogP contribution in [0.1, 0.15) is 34.0 Å². The second-order valence-electron chi connectivity index (χ2n) is 6.71. The Hall–Kier alpha value is -2.14. The van der Waals surface area contributed by atoms with E-state index in [0.29, 0.717) is 36.1 Å². The molecule has 9 heteroatoms. The van der Waals surface area contributed by atoms with E-state index < -0.39 is 9.84 Å². The van der Waals surface area contributed by atoms with Crippen molar-refractivity contribution in [1.29, 1.82) is 0 Å². The molecule has 7 nitrogen and oxygen atoms in total. The van der Waals surface area contributed by atoms with Gasteiger partial charge in [0.05, 0.1) is 4.90 Å². The van der Waals surface area contributed by atoms with Crippen LogP contribution in [0.4, 0.5) is 0 Å². The summed E-state index contributed by atoms with van der Waals surface area (Å²) in [6.45, 7) is 5.34. The van der Waals surface area contributed by atoms with Crippen molar-refractivity contribution in [3.8, 4) is 0 Å². The van der Waals surface area contributed by atoms with E-state index in [2.05, 4.69) is 20.9 Å². The number of benzene rings is 2. The van der Waals surface area contributed by atoms with Crippen molar-refractivity contribution in [3.05, 3.63) is 64.7 Å². The minimum absolute atomic E-state index is 0. The molecule has 30 heavy (non-hydrogen) atoms. The molecule has 0 saturated heterocycles. The van der Waals surface area contributed by atoms with Crippen molar-refractivity contribution >= 4 is 45.7 Å². The van der Waals surface area contributed by atoms with Crippen molar-refractivity contribution in [2.75, 3.05) is 19.8 Å². The van der Waals surface area contributed by atoms with Crippen LogP contribution in [0.3, 0.4) is 0 Å². The summed E-state index contributed by atoms with van der Waals surface area (Å²) in [5.41, 5.74) is 3.34. The van der Waals surface area contributed by atoms with Gasteiger partial charge in [-0.1, -0.05) is 24.3 Å². The Morgan fingerprint density at radius 1 is 0.967 bits per heavy atom. The highest BCUT2D eigenvalue weighted by molar-refractivity contribution is 14.0. The van der Waals surface area contributed by atoms with Crippen LogP contribution in [0, 0.1) is 6.92 Å². The molecule has 0 spiro atoms. The van der Waals surface area contributed by atoms with Gasteiger partial charge in [0.25, 0.3) is 5.91 Å². The molecule has 0 aromatic heterocycles. The van der Waals surface area contributed by atoms with E-state index in [-0.39, 0.29) is 29.9 Å². The third-order valence-electron chi connectivity index (χ3n) is 4.34. The topological polar surface area (TPSA) is 99.7 Å². The third kappa shape index (κ3) is 7.60. The lowest BCUT2D eigenvalue weighted by Crippen LogP contribution is -2.36. The lowest BCUT2D eigenvalue weighted by Gasteiger charge is -2.13. The lowest BCUT2D eigenvalue weighted by atomic mass is 10.1. The van der Waals surface area contributed by atoms with Crippen LogP contribution in [0.15, 0.2) is 52.4 Å². The third-order valence-corrected chi connectivity index (χ3v) is 5.59. The number of aliphatic imine (C=N–C) groups is 1. The maximum Gasteiger partial charge on any atom is 0.251 e. The minimum Gasteiger partial charge on any atom is -0.352 e. The van der Waals surface area contributed by atoms with Gasteiger partial charge in [0.15, 0.2) is 15.8 Å². The maximum absolute atomic E-state index is 11.8. The molecule has 0 heterocycles. The predicted molar refractivity (Wildman–Crippen MR) is 131 cm³/mol. The summed E-state index contributed by atoms with van der Waals surface area (Å²) in [5, 5.41) is 9.21. The second-order valence-corrected chi connectivity index (χ2v) is 8.69. The highest BCUT2D eigenvalue weighted by Gasteiger charge is 2.11. The number of carbonyl (C=O) groups is 1. The van der Waals surface area contributed by atoms with E-state index >= 15 is 0 Å². The molecule has 1 amide bonds. The van der Waals surface area contributed by atoms with Gasteiger partial charge in [0.1, 0.15) is 0 Å². The largest absolute Gasteiger partial charge is 0.352 e. The van der Waals surface area contributed by atoms with E-state index in [0.717, 1.165) is 16.7 Å². The zero-order valence-corrected chi connectivity index (χ0v) is 20.8. The molecular formula is C21H29IN4O3S. The predicted octanol–water partition coefficient (Wildman–Crippen LogP) is 2.63. The minimum atomic E-state index is -3.22. The molecule has 0 bridgehead atoms. The molecule has 0 atom stereocenters. The van der Waals surface area contributed by atoms with Crippen molar-refractivity contribution in [1.82, 2.24) is 16.0 Å². The summed E-state index contributed by atoms with van der Waals surface area (Å²) < 4.78 is 23.4. The summed E-state index contributed by atoms with van der Waals surface area (Å²) in [7, 11) is -1.53. The number of nitrogens with one attached hydrogen (secondary N) is 3. The number of sulfone groups is 1. The van der Waals surface area contributed by atoms with Crippen LogP contribution in [0.5, 0.6) is 0 Å². The van der Waals surface area contributed by atoms with E-state index in [1.807, 2.05) is 25.1 Å². The monoisotopic (exact) mass is 544 g/mol. The normalized spacial score (nSPS) is 11.4. The number of rotatable bonds is 7. The number of hydrogen-bond acceptors (Lipinski definition) is 4. The number of halogens is 1. The van der Waals surface area contributed by atoms with Gasteiger partial charge in [0.2, 0.25) is 0 Å². The molecule has 2 rings (SSSR count). The fourth-order valence-corrected chi connectivity index (χ4v) is 3.83. The summed E-state index contributed by atoms with van der Waals surface area (Å²) in [6, 6.07) is 12.7. The average Bonchev–Trinajstić information content (AvgIpc) is 2.67. The highest BCUT2D eigenvalue weighted by atomic mass is 127. The first-order valence-electron chi connectivity index (χ1n) is 9.35.